The van der Waals surface area contributed by atoms with E-state index in [-0.39, 0.29) is 29.3 Å². The molecule has 2 aliphatic rings. The van der Waals surface area contributed by atoms with Crippen LogP contribution in [-0.2, 0) is 9.84 Å². The Balaban J connectivity index is 2.08. The van der Waals surface area contributed by atoms with E-state index in [4.69, 9.17) is 0 Å². The number of nitrogens with one attached hydrogen (secondary N) is 1. The molecule has 0 aliphatic carbocycles. The maximum absolute atomic E-state index is 13.7. The Bertz CT molecular complexity index is 541. The summed E-state index contributed by atoms with van der Waals surface area (Å²) in [6.07, 6.45) is 0.571. The van der Waals surface area contributed by atoms with Crippen LogP contribution in [0.15, 0.2) is 18.2 Å². The van der Waals surface area contributed by atoms with E-state index in [0.717, 1.165) is 5.69 Å². The van der Waals surface area contributed by atoms with Gasteiger partial charge in [0.15, 0.2) is 9.84 Å². The third-order valence-electron chi connectivity index (χ3n) is 3.42. The number of anilines is 1. The highest BCUT2D eigenvalue weighted by atomic mass is 32.2. The SMILES string of the molecule is O=S1(=O)CCC2Nc3cccc(F)c3C2C1. The van der Waals surface area contributed by atoms with Crippen molar-refractivity contribution in [3.05, 3.63) is 29.6 Å². The highest BCUT2D eigenvalue weighted by Crippen LogP contribution is 2.41. The van der Waals surface area contributed by atoms with Crippen molar-refractivity contribution in [3.63, 3.8) is 0 Å². The van der Waals surface area contributed by atoms with Gasteiger partial charge in [0.25, 0.3) is 0 Å². The van der Waals surface area contributed by atoms with E-state index in [1.54, 1.807) is 6.07 Å². The van der Waals surface area contributed by atoms with Gasteiger partial charge in [-0.3, -0.25) is 0 Å². The van der Waals surface area contributed by atoms with Gasteiger partial charge in [-0.05, 0) is 18.6 Å². The molecule has 2 atom stereocenters. The molecule has 0 aromatic heterocycles. The van der Waals surface area contributed by atoms with Gasteiger partial charge in [0.1, 0.15) is 5.82 Å². The Labute approximate surface area is 93.6 Å². The Morgan fingerprint density at radius 2 is 2.19 bits per heavy atom. The molecule has 1 N–H and O–H groups in total. The van der Waals surface area contributed by atoms with Crippen molar-refractivity contribution in [3.8, 4) is 0 Å². The topological polar surface area (TPSA) is 46.2 Å². The van der Waals surface area contributed by atoms with Gasteiger partial charge in [-0.1, -0.05) is 6.07 Å². The lowest BCUT2D eigenvalue weighted by molar-refractivity contribution is 0.524. The summed E-state index contributed by atoms with van der Waals surface area (Å²) >= 11 is 0. The second-order valence-corrected chi connectivity index (χ2v) is 6.69. The number of hydrogen-bond acceptors (Lipinski definition) is 3. The molecule has 1 aromatic rings. The van der Waals surface area contributed by atoms with Crippen LogP contribution >= 0.6 is 0 Å². The summed E-state index contributed by atoms with van der Waals surface area (Å²) in [5.41, 5.74) is 1.31. The molecule has 5 heteroatoms. The molecule has 86 valence electrons. The first-order chi connectivity index (χ1) is 7.57. The van der Waals surface area contributed by atoms with Crippen molar-refractivity contribution < 1.29 is 12.8 Å². The number of halogens is 1. The molecule has 2 heterocycles. The molecular formula is C11H12FNO2S. The van der Waals surface area contributed by atoms with Crippen LogP contribution in [0.3, 0.4) is 0 Å². The van der Waals surface area contributed by atoms with Crippen molar-refractivity contribution in [1.82, 2.24) is 0 Å². The third kappa shape index (κ3) is 1.42. The highest BCUT2D eigenvalue weighted by molar-refractivity contribution is 7.91. The zero-order chi connectivity index (χ0) is 11.3. The first kappa shape index (κ1) is 10.1. The summed E-state index contributed by atoms with van der Waals surface area (Å²) in [7, 11) is -3.00. The normalized spacial score (nSPS) is 30.3. The predicted molar refractivity (Wildman–Crippen MR) is 59.8 cm³/mol. The Morgan fingerprint density at radius 3 is 3.00 bits per heavy atom. The first-order valence-corrected chi connectivity index (χ1v) is 7.14. The lowest BCUT2D eigenvalue weighted by atomic mass is 9.95. The number of fused-ring (bicyclic) bond motifs is 3. The van der Waals surface area contributed by atoms with Gasteiger partial charge in [-0.15, -0.1) is 0 Å². The average Bonchev–Trinajstić information content (AvgIpc) is 2.55. The van der Waals surface area contributed by atoms with Crippen LogP contribution in [0.5, 0.6) is 0 Å². The standard InChI is InChI=1S/C11H12FNO2S/c12-8-2-1-3-10-11(8)7-6-16(14,15)5-4-9(7)13-10/h1-3,7,9,13H,4-6H2. The fraction of sp³-hybridized carbons (Fsp3) is 0.455. The van der Waals surface area contributed by atoms with Gasteiger partial charge < -0.3 is 5.32 Å². The van der Waals surface area contributed by atoms with Crippen LogP contribution in [0.25, 0.3) is 0 Å². The summed E-state index contributed by atoms with van der Waals surface area (Å²) in [5.74, 6) is -0.236. The van der Waals surface area contributed by atoms with Gasteiger partial charge >= 0.3 is 0 Å². The monoisotopic (exact) mass is 241 g/mol. The van der Waals surface area contributed by atoms with E-state index in [9.17, 15) is 12.8 Å². The maximum Gasteiger partial charge on any atom is 0.151 e. The number of hydrogen-bond donors (Lipinski definition) is 1. The lowest BCUT2D eigenvalue weighted by Gasteiger charge is -2.25. The number of sulfone groups is 1. The Kier molecular flexibility index (Phi) is 2.01. The molecule has 0 radical (unpaired) electrons. The fourth-order valence-electron chi connectivity index (χ4n) is 2.68. The average molecular weight is 241 g/mol. The van der Waals surface area contributed by atoms with Crippen LogP contribution < -0.4 is 5.32 Å². The number of rotatable bonds is 0. The Hall–Kier alpha value is -1.10. The summed E-state index contributed by atoms with van der Waals surface area (Å²) in [4.78, 5) is 0. The summed E-state index contributed by atoms with van der Waals surface area (Å²) < 4.78 is 36.8. The molecule has 1 aromatic carbocycles. The fourth-order valence-corrected chi connectivity index (χ4v) is 4.40. The van der Waals surface area contributed by atoms with Crippen LogP contribution in [0, 0.1) is 5.82 Å². The molecule has 16 heavy (non-hydrogen) atoms. The second-order valence-electron chi connectivity index (χ2n) is 4.46. The number of benzene rings is 1. The maximum atomic E-state index is 13.7. The van der Waals surface area contributed by atoms with Gasteiger partial charge in [-0.2, -0.15) is 0 Å². The van der Waals surface area contributed by atoms with Gasteiger partial charge in [0.2, 0.25) is 0 Å². The Morgan fingerprint density at radius 1 is 1.38 bits per heavy atom. The molecule has 3 rings (SSSR count). The zero-order valence-electron chi connectivity index (χ0n) is 8.61. The molecular weight excluding hydrogens is 229 g/mol. The predicted octanol–water partition coefficient (Wildman–Crippen LogP) is 1.52. The highest BCUT2D eigenvalue weighted by Gasteiger charge is 2.41. The van der Waals surface area contributed by atoms with Crippen LogP contribution in [0.1, 0.15) is 17.9 Å². The van der Waals surface area contributed by atoms with E-state index in [0.29, 0.717) is 12.0 Å². The first-order valence-electron chi connectivity index (χ1n) is 5.32. The van der Waals surface area contributed by atoms with Crippen molar-refractivity contribution in [2.75, 3.05) is 16.8 Å². The third-order valence-corrected chi connectivity index (χ3v) is 5.15. The van der Waals surface area contributed by atoms with Crippen molar-refractivity contribution in [2.45, 2.75) is 18.4 Å². The largest absolute Gasteiger partial charge is 0.381 e. The smallest absolute Gasteiger partial charge is 0.151 e. The van der Waals surface area contributed by atoms with E-state index < -0.39 is 9.84 Å². The van der Waals surface area contributed by atoms with Gasteiger partial charge in [-0.25, -0.2) is 12.8 Å². The molecule has 0 spiro atoms. The van der Waals surface area contributed by atoms with Crippen molar-refractivity contribution >= 4 is 15.5 Å². The van der Waals surface area contributed by atoms with E-state index in [1.807, 2.05) is 6.07 Å². The molecule has 0 amide bonds. The molecule has 0 saturated carbocycles. The van der Waals surface area contributed by atoms with Gasteiger partial charge in [0, 0.05) is 23.2 Å². The molecule has 0 bridgehead atoms. The van der Waals surface area contributed by atoms with Crippen LogP contribution in [0.2, 0.25) is 0 Å². The summed E-state index contributed by atoms with van der Waals surface area (Å²) in [6.45, 7) is 0. The lowest BCUT2D eigenvalue weighted by Crippen LogP contribution is -2.35. The minimum atomic E-state index is -3.00. The van der Waals surface area contributed by atoms with E-state index in [2.05, 4.69) is 5.32 Å². The molecule has 2 aliphatic heterocycles. The second kappa shape index (κ2) is 3.20. The van der Waals surface area contributed by atoms with E-state index >= 15 is 0 Å². The summed E-state index contributed by atoms with van der Waals surface area (Å²) in [6, 6.07) is 4.93. The summed E-state index contributed by atoms with van der Waals surface area (Å²) in [5, 5.41) is 3.21. The van der Waals surface area contributed by atoms with Crippen LogP contribution in [-0.4, -0.2) is 26.0 Å². The molecule has 2 unspecified atom stereocenters. The van der Waals surface area contributed by atoms with Crippen LogP contribution in [0.4, 0.5) is 10.1 Å². The zero-order valence-corrected chi connectivity index (χ0v) is 9.43. The van der Waals surface area contributed by atoms with Gasteiger partial charge in [0.05, 0.1) is 11.5 Å². The molecule has 1 fully saturated rings. The molecule has 3 nitrogen and oxygen atoms in total. The van der Waals surface area contributed by atoms with E-state index in [1.165, 1.54) is 6.07 Å². The quantitative estimate of drug-likeness (QED) is 0.749. The minimum Gasteiger partial charge on any atom is -0.381 e. The van der Waals surface area contributed by atoms with Crippen molar-refractivity contribution in [2.24, 2.45) is 0 Å². The molecule has 1 saturated heterocycles. The van der Waals surface area contributed by atoms with Crippen molar-refractivity contribution in [1.29, 1.82) is 0 Å². The minimum absolute atomic E-state index is 0.0681.